The van der Waals surface area contributed by atoms with Crippen LogP contribution in [0.1, 0.15) is 24.0 Å². The van der Waals surface area contributed by atoms with Crippen LogP contribution >= 0.6 is 0 Å². The predicted molar refractivity (Wildman–Crippen MR) is 89.0 cm³/mol. The van der Waals surface area contributed by atoms with E-state index < -0.39 is 0 Å². The average Bonchev–Trinajstić information content (AvgIpc) is 3.21. The second-order valence-electron chi connectivity index (χ2n) is 6.15. The first-order valence-electron chi connectivity index (χ1n) is 7.64. The van der Waals surface area contributed by atoms with Crippen molar-refractivity contribution < 1.29 is 4.79 Å². The minimum atomic E-state index is -0.372. The first-order valence-corrected chi connectivity index (χ1v) is 7.64. The molecule has 0 bridgehead atoms. The highest BCUT2D eigenvalue weighted by Gasteiger charge is 2.52. The Kier molecular flexibility index (Phi) is 2.83. The fraction of sp³-hybridized carbons (Fsp3) is 0.211. The van der Waals surface area contributed by atoms with Crippen LogP contribution in [0.25, 0.3) is 10.9 Å². The van der Waals surface area contributed by atoms with Crippen molar-refractivity contribution in [2.75, 3.05) is 5.32 Å². The van der Waals surface area contributed by atoms with Gasteiger partial charge in [0.2, 0.25) is 5.91 Å². The van der Waals surface area contributed by atoms with Crippen LogP contribution in [-0.4, -0.2) is 10.9 Å². The molecule has 0 aliphatic heterocycles. The highest BCUT2D eigenvalue weighted by molar-refractivity contribution is 6.04. The summed E-state index contributed by atoms with van der Waals surface area (Å²) < 4.78 is 0. The van der Waals surface area contributed by atoms with E-state index in [4.69, 9.17) is 0 Å². The van der Waals surface area contributed by atoms with Gasteiger partial charge in [-0.15, -0.1) is 0 Å². The van der Waals surface area contributed by atoms with Crippen molar-refractivity contribution in [3.63, 3.8) is 0 Å². The summed E-state index contributed by atoms with van der Waals surface area (Å²) in [5.41, 5.74) is 3.86. The Morgan fingerprint density at radius 1 is 1.14 bits per heavy atom. The molecule has 3 heteroatoms. The molecule has 1 saturated carbocycles. The quantitative estimate of drug-likeness (QED) is 0.748. The molecular weight excluding hydrogens is 272 g/mol. The van der Waals surface area contributed by atoms with Crippen molar-refractivity contribution in [1.82, 2.24) is 4.98 Å². The van der Waals surface area contributed by atoms with Crippen LogP contribution in [0.15, 0.2) is 54.7 Å². The SMILES string of the molecule is Cc1cccc(NC(=O)C2(c3c[nH]c4ccccc34)CC2)c1. The number of hydrogen-bond acceptors (Lipinski definition) is 1. The molecule has 22 heavy (non-hydrogen) atoms. The van der Waals surface area contributed by atoms with Crippen molar-refractivity contribution in [1.29, 1.82) is 0 Å². The highest BCUT2D eigenvalue weighted by atomic mass is 16.2. The van der Waals surface area contributed by atoms with Gasteiger partial charge in [-0.2, -0.15) is 0 Å². The molecule has 2 N–H and O–H groups in total. The van der Waals surface area contributed by atoms with Gasteiger partial charge in [0.1, 0.15) is 0 Å². The number of hydrogen-bond donors (Lipinski definition) is 2. The summed E-state index contributed by atoms with van der Waals surface area (Å²) in [6, 6.07) is 16.1. The number of H-pyrrole nitrogens is 1. The third kappa shape index (κ3) is 2.01. The van der Waals surface area contributed by atoms with Gasteiger partial charge >= 0.3 is 0 Å². The molecule has 1 aliphatic rings. The van der Waals surface area contributed by atoms with E-state index in [9.17, 15) is 4.79 Å². The van der Waals surface area contributed by atoms with E-state index in [1.807, 2.05) is 55.6 Å². The van der Waals surface area contributed by atoms with Gasteiger partial charge in [0.05, 0.1) is 5.41 Å². The summed E-state index contributed by atoms with van der Waals surface area (Å²) in [5.74, 6) is 0.0999. The van der Waals surface area contributed by atoms with Crippen LogP contribution in [0, 0.1) is 6.92 Å². The maximum Gasteiger partial charge on any atom is 0.235 e. The number of aromatic amines is 1. The van der Waals surface area contributed by atoms with Gasteiger partial charge in [0.15, 0.2) is 0 Å². The van der Waals surface area contributed by atoms with Crippen LogP contribution in [0.2, 0.25) is 0 Å². The third-order valence-corrected chi connectivity index (χ3v) is 4.57. The molecule has 1 fully saturated rings. The molecule has 3 nitrogen and oxygen atoms in total. The van der Waals surface area contributed by atoms with E-state index in [0.29, 0.717) is 0 Å². The first kappa shape index (κ1) is 13.1. The molecule has 1 aromatic heterocycles. The fourth-order valence-electron chi connectivity index (χ4n) is 3.18. The average molecular weight is 290 g/mol. The van der Waals surface area contributed by atoms with Gasteiger partial charge in [-0.3, -0.25) is 4.79 Å². The maximum absolute atomic E-state index is 12.8. The number of carbonyl (C=O) groups is 1. The topological polar surface area (TPSA) is 44.9 Å². The Morgan fingerprint density at radius 2 is 1.95 bits per heavy atom. The van der Waals surface area contributed by atoms with Crippen molar-refractivity contribution in [2.24, 2.45) is 0 Å². The normalized spacial score (nSPS) is 15.7. The molecule has 0 spiro atoms. The Bertz CT molecular complexity index is 859. The fourth-order valence-corrected chi connectivity index (χ4v) is 3.18. The number of anilines is 1. The summed E-state index contributed by atoms with van der Waals surface area (Å²) in [5, 5.41) is 4.24. The molecule has 110 valence electrons. The molecule has 1 aliphatic carbocycles. The van der Waals surface area contributed by atoms with E-state index in [1.165, 1.54) is 0 Å². The van der Waals surface area contributed by atoms with Gasteiger partial charge in [0, 0.05) is 22.8 Å². The Morgan fingerprint density at radius 3 is 2.73 bits per heavy atom. The maximum atomic E-state index is 12.8. The minimum absolute atomic E-state index is 0.0999. The zero-order chi connectivity index (χ0) is 15.2. The largest absolute Gasteiger partial charge is 0.361 e. The highest BCUT2D eigenvalue weighted by Crippen LogP contribution is 2.51. The molecular formula is C19H18N2O. The summed E-state index contributed by atoms with van der Waals surface area (Å²) in [6.45, 7) is 2.03. The van der Waals surface area contributed by atoms with E-state index in [2.05, 4.69) is 16.4 Å². The summed E-state index contributed by atoms with van der Waals surface area (Å²) in [6.07, 6.45) is 3.81. The molecule has 1 heterocycles. The number of carbonyl (C=O) groups excluding carboxylic acids is 1. The van der Waals surface area contributed by atoms with Crippen LogP contribution in [0.5, 0.6) is 0 Å². The molecule has 4 rings (SSSR count). The smallest absolute Gasteiger partial charge is 0.235 e. The lowest BCUT2D eigenvalue weighted by Crippen LogP contribution is -2.27. The number of nitrogens with one attached hydrogen (secondary N) is 2. The van der Waals surface area contributed by atoms with E-state index in [-0.39, 0.29) is 11.3 Å². The second kappa shape index (κ2) is 4.73. The number of aryl methyl sites for hydroxylation is 1. The monoisotopic (exact) mass is 290 g/mol. The molecule has 3 aromatic rings. The second-order valence-corrected chi connectivity index (χ2v) is 6.15. The zero-order valence-electron chi connectivity index (χ0n) is 12.5. The number of para-hydroxylation sites is 1. The summed E-state index contributed by atoms with van der Waals surface area (Å²) in [4.78, 5) is 16.1. The number of benzene rings is 2. The van der Waals surface area contributed by atoms with Crippen LogP contribution in [0.3, 0.4) is 0 Å². The van der Waals surface area contributed by atoms with Gasteiger partial charge in [-0.1, -0.05) is 30.3 Å². The zero-order valence-corrected chi connectivity index (χ0v) is 12.5. The van der Waals surface area contributed by atoms with Gasteiger partial charge in [-0.05, 0) is 49.1 Å². The molecule has 0 radical (unpaired) electrons. The van der Waals surface area contributed by atoms with Crippen LogP contribution in [-0.2, 0) is 10.2 Å². The van der Waals surface area contributed by atoms with Crippen molar-refractivity contribution in [3.8, 4) is 0 Å². The Hall–Kier alpha value is -2.55. The standard InChI is InChI=1S/C19H18N2O/c1-13-5-4-6-14(11-13)21-18(22)19(9-10-19)16-12-20-17-8-3-2-7-15(16)17/h2-8,11-12,20H,9-10H2,1H3,(H,21,22). The van der Waals surface area contributed by atoms with Gasteiger partial charge < -0.3 is 10.3 Å². The molecule has 0 unspecified atom stereocenters. The lowest BCUT2D eigenvalue weighted by atomic mass is 9.94. The van der Waals surface area contributed by atoms with Crippen molar-refractivity contribution in [3.05, 3.63) is 65.9 Å². The van der Waals surface area contributed by atoms with Gasteiger partial charge in [-0.25, -0.2) is 0 Å². The Labute approximate surface area is 129 Å². The number of fused-ring (bicyclic) bond motifs is 1. The van der Waals surface area contributed by atoms with Crippen LogP contribution < -0.4 is 5.32 Å². The minimum Gasteiger partial charge on any atom is -0.361 e. The lowest BCUT2D eigenvalue weighted by Gasteiger charge is -2.15. The van der Waals surface area contributed by atoms with Crippen molar-refractivity contribution >= 4 is 22.5 Å². The predicted octanol–water partition coefficient (Wildman–Crippen LogP) is 4.15. The number of rotatable bonds is 3. The van der Waals surface area contributed by atoms with E-state index in [1.54, 1.807) is 0 Å². The summed E-state index contributed by atoms with van der Waals surface area (Å²) in [7, 11) is 0. The van der Waals surface area contributed by atoms with E-state index >= 15 is 0 Å². The number of amides is 1. The molecule has 1 amide bonds. The molecule has 2 aromatic carbocycles. The number of aromatic nitrogens is 1. The van der Waals surface area contributed by atoms with E-state index in [0.717, 1.165) is 40.6 Å². The molecule has 0 atom stereocenters. The third-order valence-electron chi connectivity index (χ3n) is 4.57. The van der Waals surface area contributed by atoms with Gasteiger partial charge in [0.25, 0.3) is 0 Å². The van der Waals surface area contributed by atoms with Crippen LogP contribution in [0.4, 0.5) is 5.69 Å². The van der Waals surface area contributed by atoms with Crippen molar-refractivity contribution in [2.45, 2.75) is 25.2 Å². The first-order chi connectivity index (χ1) is 10.7. The summed E-state index contributed by atoms with van der Waals surface area (Å²) >= 11 is 0. The Balaban J connectivity index is 1.68. The molecule has 0 saturated heterocycles. The lowest BCUT2D eigenvalue weighted by molar-refractivity contribution is -0.118.